The molecule has 1 saturated heterocycles. The van der Waals surface area contributed by atoms with Gasteiger partial charge < -0.3 is 14.8 Å². The van der Waals surface area contributed by atoms with Crippen LogP contribution in [0.3, 0.4) is 0 Å². The van der Waals surface area contributed by atoms with Crippen molar-refractivity contribution in [3.05, 3.63) is 23.0 Å². The number of amides is 2. The zero-order valence-electron chi connectivity index (χ0n) is 15.7. The van der Waals surface area contributed by atoms with Crippen LogP contribution in [0.5, 0.6) is 0 Å². The Hall–Kier alpha value is -1.78. The van der Waals surface area contributed by atoms with Crippen LogP contribution in [-0.4, -0.2) is 40.9 Å². The van der Waals surface area contributed by atoms with Gasteiger partial charge in [-0.25, -0.2) is 0 Å². The zero-order valence-corrected chi connectivity index (χ0v) is 15.7. The third-order valence-corrected chi connectivity index (χ3v) is 5.11. The van der Waals surface area contributed by atoms with E-state index >= 15 is 0 Å². The van der Waals surface area contributed by atoms with Crippen LogP contribution in [-0.2, 0) is 16.0 Å². The second-order valence-corrected chi connectivity index (χ2v) is 7.18. The first-order valence-electron chi connectivity index (χ1n) is 9.01. The Morgan fingerprint density at radius 2 is 1.88 bits per heavy atom. The molecule has 1 aliphatic rings. The van der Waals surface area contributed by atoms with Gasteiger partial charge in [-0.3, -0.25) is 9.59 Å². The molecule has 2 heterocycles. The topological polar surface area (TPSA) is 54.3 Å². The molecule has 0 radical (unpaired) electrons. The number of carbonyl (C=O) groups excluding carboxylic acids is 2. The highest BCUT2D eigenvalue weighted by molar-refractivity contribution is 5.79. The summed E-state index contributed by atoms with van der Waals surface area (Å²) in [5.74, 6) is 0.286. The smallest absolute Gasteiger partial charge is 0.223 e. The van der Waals surface area contributed by atoms with Crippen molar-refractivity contribution in [3.63, 3.8) is 0 Å². The predicted molar refractivity (Wildman–Crippen MR) is 96.0 cm³/mol. The van der Waals surface area contributed by atoms with Gasteiger partial charge in [0.15, 0.2) is 0 Å². The summed E-state index contributed by atoms with van der Waals surface area (Å²) in [6.45, 7) is 12.3. The predicted octanol–water partition coefficient (Wildman–Crippen LogP) is 2.60. The molecule has 0 saturated carbocycles. The minimum Gasteiger partial charge on any atom is -0.356 e. The molecule has 0 aliphatic carbocycles. The van der Waals surface area contributed by atoms with Crippen molar-refractivity contribution in [2.24, 2.45) is 5.92 Å². The third kappa shape index (κ3) is 4.19. The van der Waals surface area contributed by atoms with E-state index in [1.165, 1.54) is 17.0 Å². The summed E-state index contributed by atoms with van der Waals surface area (Å²) >= 11 is 0. The average Bonchev–Trinajstić information content (AvgIpc) is 2.81. The molecule has 24 heavy (non-hydrogen) atoms. The van der Waals surface area contributed by atoms with Gasteiger partial charge in [0.25, 0.3) is 0 Å². The number of aryl methyl sites for hydroxylation is 1. The van der Waals surface area contributed by atoms with Crippen LogP contribution in [0.2, 0.25) is 0 Å². The average molecular weight is 333 g/mol. The number of hydrogen-bond acceptors (Lipinski definition) is 2. The van der Waals surface area contributed by atoms with Crippen molar-refractivity contribution in [2.75, 3.05) is 19.6 Å². The molecule has 1 aromatic rings. The van der Waals surface area contributed by atoms with Gasteiger partial charge in [0.2, 0.25) is 11.8 Å². The van der Waals surface area contributed by atoms with Crippen molar-refractivity contribution in [3.8, 4) is 0 Å². The van der Waals surface area contributed by atoms with Gasteiger partial charge in [-0.2, -0.15) is 0 Å². The lowest BCUT2D eigenvalue weighted by Crippen LogP contribution is -2.42. The van der Waals surface area contributed by atoms with Gasteiger partial charge in [-0.1, -0.05) is 0 Å². The molecule has 1 fully saturated rings. The minimum absolute atomic E-state index is 0.0451. The lowest BCUT2D eigenvalue weighted by molar-refractivity contribution is -0.133. The Labute approximate surface area is 145 Å². The summed E-state index contributed by atoms with van der Waals surface area (Å²) in [6, 6.07) is 2.69. The number of piperidine rings is 1. The zero-order chi connectivity index (χ0) is 17.9. The van der Waals surface area contributed by atoms with Crippen LogP contribution in [0.25, 0.3) is 0 Å². The van der Waals surface area contributed by atoms with E-state index in [1.54, 1.807) is 6.92 Å². The molecule has 0 aromatic carbocycles. The highest BCUT2D eigenvalue weighted by atomic mass is 16.2. The van der Waals surface area contributed by atoms with Crippen molar-refractivity contribution in [1.29, 1.82) is 0 Å². The van der Waals surface area contributed by atoms with Crippen molar-refractivity contribution >= 4 is 11.8 Å². The Bertz CT molecular complexity index is 596. The van der Waals surface area contributed by atoms with Crippen LogP contribution in [0, 0.1) is 19.8 Å². The molecule has 5 nitrogen and oxygen atoms in total. The first kappa shape index (κ1) is 18.6. The summed E-state index contributed by atoms with van der Waals surface area (Å²) in [5, 5.41) is 3.08. The standard InChI is InChI=1S/C19H31N3O2/c1-13(2)22-14(3)12-18(15(22)4)6-9-20-19(24)17-7-10-21(11-8-17)16(5)23/h12-13,17H,6-11H2,1-5H3,(H,20,24). The van der Waals surface area contributed by atoms with Crippen LogP contribution in [0.1, 0.15) is 56.6 Å². The monoisotopic (exact) mass is 333 g/mol. The Kier molecular flexibility index (Phi) is 6.08. The fraction of sp³-hybridized carbons (Fsp3) is 0.684. The first-order valence-corrected chi connectivity index (χ1v) is 9.01. The minimum atomic E-state index is 0.0451. The van der Waals surface area contributed by atoms with Gasteiger partial charge in [0.1, 0.15) is 0 Å². The van der Waals surface area contributed by atoms with Gasteiger partial charge >= 0.3 is 0 Å². The van der Waals surface area contributed by atoms with Gasteiger partial charge in [0, 0.05) is 49.9 Å². The van der Waals surface area contributed by atoms with Gasteiger partial charge in [-0.15, -0.1) is 0 Å². The van der Waals surface area contributed by atoms with E-state index in [9.17, 15) is 9.59 Å². The normalized spacial score (nSPS) is 15.8. The Morgan fingerprint density at radius 1 is 1.25 bits per heavy atom. The molecule has 0 atom stereocenters. The molecule has 2 amide bonds. The molecule has 5 heteroatoms. The summed E-state index contributed by atoms with van der Waals surface area (Å²) < 4.78 is 2.34. The molecule has 1 aliphatic heterocycles. The van der Waals surface area contributed by atoms with E-state index < -0.39 is 0 Å². The number of nitrogens with zero attached hydrogens (tertiary/aromatic N) is 2. The van der Waals surface area contributed by atoms with E-state index in [1.807, 2.05) is 4.90 Å². The maximum Gasteiger partial charge on any atom is 0.223 e. The molecule has 1 N–H and O–H groups in total. The summed E-state index contributed by atoms with van der Waals surface area (Å²) in [4.78, 5) is 25.5. The fourth-order valence-corrected chi connectivity index (χ4v) is 3.81. The molecular formula is C19H31N3O2. The van der Waals surface area contributed by atoms with Crippen molar-refractivity contribution in [2.45, 2.75) is 59.9 Å². The number of likely N-dealkylation sites (tertiary alicyclic amines) is 1. The highest BCUT2D eigenvalue weighted by Gasteiger charge is 2.25. The number of carbonyl (C=O) groups is 2. The van der Waals surface area contributed by atoms with Gasteiger partial charge in [0.05, 0.1) is 0 Å². The Balaban J connectivity index is 1.81. The van der Waals surface area contributed by atoms with Crippen LogP contribution in [0.4, 0.5) is 0 Å². The second-order valence-electron chi connectivity index (χ2n) is 7.18. The maximum atomic E-state index is 12.3. The first-order chi connectivity index (χ1) is 11.3. The van der Waals surface area contributed by atoms with Crippen molar-refractivity contribution in [1.82, 2.24) is 14.8 Å². The molecule has 134 valence electrons. The summed E-state index contributed by atoms with van der Waals surface area (Å²) in [5.41, 5.74) is 3.89. The second kappa shape index (κ2) is 7.86. The third-order valence-electron chi connectivity index (χ3n) is 5.11. The van der Waals surface area contributed by atoms with E-state index in [2.05, 4.69) is 43.6 Å². The molecule has 0 bridgehead atoms. The molecule has 1 aromatic heterocycles. The van der Waals surface area contributed by atoms with E-state index in [0.29, 0.717) is 25.7 Å². The Morgan fingerprint density at radius 3 is 2.38 bits per heavy atom. The number of rotatable bonds is 5. The van der Waals surface area contributed by atoms with Crippen LogP contribution >= 0.6 is 0 Å². The quantitative estimate of drug-likeness (QED) is 0.900. The van der Waals surface area contributed by atoms with Crippen LogP contribution in [0.15, 0.2) is 6.07 Å². The molecule has 0 unspecified atom stereocenters. The number of hydrogen-bond donors (Lipinski definition) is 1. The molecule has 2 rings (SSSR count). The SMILES string of the molecule is CC(=O)N1CCC(C(=O)NCCc2cc(C)n(C(C)C)c2C)CC1. The maximum absolute atomic E-state index is 12.3. The number of aromatic nitrogens is 1. The largest absolute Gasteiger partial charge is 0.356 e. The number of nitrogens with one attached hydrogen (secondary N) is 1. The lowest BCUT2D eigenvalue weighted by atomic mass is 9.96. The fourth-order valence-electron chi connectivity index (χ4n) is 3.81. The van der Waals surface area contributed by atoms with Crippen molar-refractivity contribution < 1.29 is 9.59 Å². The highest BCUT2D eigenvalue weighted by Crippen LogP contribution is 2.21. The lowest BCUT2D eigenvalue weighted by Gasteiger charge is -2.30. The van der Waals surface area contributed by atoms with E-state index in [-0.39, 0.29) is 17.7 Å². The van der Waals surface area contributed by atoms with Crippen LogP contribution < -0.4 is 5.32 Å². The van der Waals surface area contributed by atoms with E-state index in [0.717, 1.165) is 19.3 Å². The summed E-state index contributed by atoms with van der Waals surface area (Å²) in [6.07, 6.45) is 2.41. The molecular weight excluding hydrogens is 302 g/mol. The van der Waals surface area contributed by atoms with Gasteiger partial charge in [-0.05, 0) is 58.6 Å². The summed E-state index contributed by atoms with van der Waals surface area (Å²) in [7, 11) is 0. The molecule has 0 spiro atoms. The van der Waals surface area contributed by atoms with E-state index in [4.69, 9.17) is 0 Å².